The molecule has 0 bridgehead atoms. The van der Waals surface area contributed by atoms with Gasteiger partial charge < -0.3 is 4.40 Å². The molecule has 0 aliphatic carbocycles. The fourth-order valence-corrected chi connectivity index (χ4v) is 10.6. The second-order valence-electron chi connectivity index (χ2n) is 14.5. The molecule has 0 fully saturated rings. The van der Waals surface area contributed by atoms with Crippen LogP contribution in [-0.4, -0.2) is 18.9 Å². The molecule has 4 nitrogen and oxygen atoms in total. The highest BCUT2D eigenvalue weighted by molar-refractivity contribution is 7.26. The molecule has 0 N–H and O–H groups in total. The first kappa shape index (κ1) is 29.4. The average molecular weight is 717 g/mol. The summed E-state index contributed by atoms with van der Waals surface area (Å²) in [6, 6.07) is 61.6. The van der Waals surface area contributed by atoms with Gasteiger partial charge in [0.2, 0.25) is 5.95 Å². The van der Waals surface area contributed by atoms with Gasteiger partial charge in [0.15, 0.2) is 0 Å². The predicted molar refractivity (Wildman–Crippen MR) is 233 cm³/mol. The maximum atomic E-state index is 5.48. The number of fused-ring (bicyclic) bond motifs is 12. The molecular formula is C50H28N4S. The van der Waals surface area contributed by atoms with E-state index in [0.29, 0.717) is 5.95 Å². The van der Waals surface area contributed by atoms with Crippen LogP contribution in [0.25, 0.3) is 119 Å². The summed E-state index contributed by atoms with van der Waals surface area (Å²) in [4.78, 5) is 10.8. The summed E-state index contributed by atoms with van der Waals surface area (Å²) in [6.45, 7) is 0. The van der Waals surface area contributed by atoms with Gasteiger partial charge in [0.1, 0.15) is 0 Å². The molecule has 0 aliphatic rings. The van der Waals surface area contributed by atoms with E-state index < -0.39 is 0 Å². The second-order valence-corrected chi connectivity index (χ2v) is 15.6. The number of thiophene rings is 1. The number of benzene rings is 8. The van der Waals surface area contributed by atoms with Crippen LogP contribution in [0, 0.1) is 0 Å². The minimum absolute atomic E-state index is 0.657. The highest BCUT2D eigenvalue weighted by Gasteiger charge is 2.24. The van der Waals surface area contributed by atoms with Gasteiger partial charge >= 0.3 is 0 Å². The molecule has 5 heterocycles. The summed E-state index contributed by atoms with van der Waals surface area (Å²) in [7, 11) is 0. The third-order valence-corrected chi connectivity index (χ3v) is 12.8. The number of nitrogens with zero attached hydrogens (tertiary/aromatic N) is 4. The van der Waals surface area contributed by atoms with Crippen molar-refractivity contribution in [3.63, 3.8) is 0 Å². The summed E-state index contributed by atoms with van der Waals surface area (Å²) >= 11 is 1.88. The first-order valence-electron chi connectivity index (χ1n) is 18.7. The quantitative estimate of drug-likeness (QED) is 0.179. The molecule has 0 saturated heterocycles. The molecule has 0 atom stereocenters. The molecule has 55 heavy (non-hydrogen) atoms. The smallest absolute Gasteiger partial charge is 0.235 e. The van der Waals surface area contributed by atoms with Gasteiger partial charge in [-0.15, -0.1) is 11.3 Å². The van der Waals surface area contributed by atoms with Crippen molar-refractivity contribution >= 4 is 113 Å². The number of hydrogen-bond donors (Lipinski definition) is 0. The van der Waals surface area contributed by atoms with Gasteiger partial charge in [-0.2, -0.15) is 0 Å². The van der Waals surface area contributed by atoms with Crippen molar-refractivity contribution in [1.82, 2.24) is 18.9 Å². The van der Waals surface area contributed by atoms with Crippen LogP contribution in [0.3, 0.4) is 0 Å². The van der Waals surface area contributed by atoms with E-state index in [4.69, 9.17) is 9.97 Å². The molecule has 0 unspecified atom stereocenters. The Morgan fingerprint density at radius 1 is 0.364 bits per heavy atom. The van der Waals surface area contributed by atoms with Crippen molar-refractivity contribution in [2.24, 2.45) is 0 Å². The van der Waals surface area contributed by atoms with Gasteiger partial charge in [-0.05, 0) is 46.5 Å². The molecule has 0 spiro atoms. The lowest BCUT2D eigenvalue weighted by Gasteiger charge is -2.12. The number of aromatic nitrogens is 4. The largest absolute Gasteiger partial charge is 0.306 e. The van der Waals surface area contributed by atoms with Crippen LogP contribution in [0.2, 0.25) is 0 Å². The summed E-state index contributed by atoms with van der Waals surface area (Å²) in [5.41, 5.74) is 8.62. The molecule has 13 rings (SSSR count). The Kier molecular flexibility index (Phi) is 5.74. The maximum absolute atomic E-state index is 5.48. The molecule has 254 valence electrons. The fraction of sp³-hybridized carbons (Fsp3) is 0. The zero-order valence-electron chi connectivity index (χ0n) is 29.4. The number of hydrogen-bond acceptors (Lipinski definition) is 3. The van der Waals surface area contributed by atoms with Gasteiger partial charge in [0.25, 0.3) is 0 Å². The van der Waals surface area contributed by atoms with Crippen molar-refractivity contribution in [3.8, 4) is 17.2 Å². The standard InChI is InChI=1S/C50H28N4S/c1-2-13-29(14-3-1)46-38-18-6-8-22-39(38)51-50(52-46)54-40-23-9-7-17-32(40)36-27-28-37-35-21-10-20-34-31-16-5-4-15-30(31)33-19-11-25-42-44(33)45-41(24-12-26-43(45)55-42)53(47(34)35)48(37)49(36)54/h1-28H. The summed E-state index contributed by atoms with van der Waals surface area (Å²) in [5, 5.41) is 13.4. The maximum Gasteiger partial charge on any atom is 0.235 e. The Morgan fingerprint density at radius 2 is 0.927 bits per heavy atom. The summed E-state index contributed by atoms with van der Waals surface area (Å²) in [5.74, 6) is 0.657. The van der Waals surface area contributed by atoms with E-state index in [9.17, 15) is 0 Å². The molecule has 13 aromatic rings. The van der Waals surface area contributed by atoms with Gasteiger partial charge in [-0.3, -0.25) is 4.57 Å². The lowest BCUT2D eigenvalue weighted by Crippen LogP contribution is -2.04. The molecule has 0 radical (unpaired) electrons. The van der Waals surface area contributed by atoms with Gasteiger partial charge in [-0.1, -0.05) is 140 Å². The zero-order valence-corrected chi connectivity index (χ0v) is 30.2. The van der Waals surface area contributed by atoms with Crippen LogP contribution >= 0.6 is 11.3 Å². The van der Waals surface area contributed by atoms with Crippen molar-refractivity contribution < 1.29 is 0 Å². The lowest BCUT2D eigenvalue weighted by molar-refractivity contribution is 1.01. The van der Waals surface area contributed by atoms with Crippen molar-refractivity contribution in [1.29, 1.82) is 0 Å². The Morgan fingerprint density at radius 3 is 1.76 bits per heavy atom. The molecule has 5 heteroatoms. The van der Waals surface area contributed by atoms with Gasteiger partial charge in [0.05, 0.1) is 38.8 Å². The third kappa shape index (κ3) is 3.84. The molecular weight excluding hydrogens is 689 g/mol. The first-order chi connectivity index (χ1) is 27.3. The molecule has 0 amide bonds. The van der Waals surface area contributed by atoms with Crippen LogP contribution in [0.15, 0.2) is 170 Å². The molecule has 5 aromatic heterocycles. The zero-order chi connectivity index (χ0) is 35.8. The monoisotopic (exact) mass is 716 g/mol. The van der Waals surface area contributed by atoms with Crippen molar-refractivity contribution in [3.05, 3.63) is 170 Å². The van der Waals surface area contributed by atoms with E-state index in [2.05, 4.69) is 179 Å². The number of rotatable bonds is 2. The summed E-state index contributed by atoms with van der Waals surface area (Å²) in [6.07, 6.45) is 0. The SMILES string of the molecule is c1ccc(-c2nc(-n3c4ccccc4c4ccc5c6cccc7c8ccccc8c8cccc9sc%10cccc(c%10c98)n(c76)c5c43)nc3ccccc23)cc1. The van der Waals surface area contributed by atoms with Crippen LogP contribution in [0.1, 0.15) is 0 Å². The Bertz CT molecular complexity index is 3780. The molecule has 0 aliphatic heterocycles. The lowest BCUT2D eigenvalue weighted by atomic mass is 10.0. The van der Waals surface area contributed by atoms with Crippen LogP contribution in [0.5, 0.6) is 0 Å². The van der Waals surface area contributed by atoms with Gasteiger partial charge in [0, 0.05) is 58.1 Å². The normalized spacial score (nSPS) is 12.4. The highest BCUT2D eigenvalue weighted by atomic mass is 32.1. The van der Waals surface area contributed by atoms with Crippen molar-refractivity contribution in [2.45, 2.75) is 0 Å². The minimum atomic E-state index is 0.657. The Balaban J connectivity index is 1.34. The number of para-hydroxylation sites is 3. The van der Waals surface area contributed by atoms with E-state index in [1.165, 1.54) is 74.3 Å². The van der Waals surface area contributed by atoms with Crippen LogP contribution in [0.4, 0.5) is 0 Å². The topological polar surface area (TPSA) is 35.1 Å². The Labute approximate surface area is 317 Å². The highest BCUT2D eigenvalue weighted by Crippen LogP contribution is 2.46. The van der Waals surface area contributed by atoms with E-state index in [0.717, 1.165) is 38.7 Å². The molecule has 8 aromatic carbocycles. The minimum Gasteiger partial charge on any atom is -0.306 e. The van der Waals surface area contributed by atoms with Crippen LogP contribution < -0.4 is 0 Å². The van der Waals surface area contributed by atoms with E-state index in [-0.39, 0.29) is 0 Å². The summed E-state index contributed by atoms with van der Waals surface area (Å²) < 4.78 is 7.48. The Hall–Kier alpha value is -7.08. The van der Waals surface area contributed by atoms with E-state index >= 15 is 0 Å². The second kappa shape index (κ2) is 10.8. The van der Waals surface area contributed by atoms with Crippen molar-refractivity contribution in [2.75, 3.05) is 0 Å². The molecule has 0 saturated carbocycles. The van der Waals surface area contributed by atoms with E-state index in [1.807, 2.05) is 11.3 Å². The average Bonchev–Trinajstić information content (AvgIpc) is 3.92. The predicted octanol–water partition coefficient (Wildman–Crippen LogP) is 13.6. The first-order valence-corrected chi connectivity index (χ1v) is 19.5. The van der Waals surface area contributed by atoms with Crippen LogP contribution in [-0.2, 0) is 0 Å². The van der Waals surface area contributed by atoms with E-state index in [1.54, 1.807) is 0 Å². The third-order valence-electron chi connectivity index (χ3n) is 11.7. The fourth-order valence-electron chi connectivity index (χ4n) is 9.46. The van der Waals surface area contributed by atoms with Gasteiger partial charge in [-0.25, -0.2) is 9.97 Å².